The third-order valence-electron chi connectivity index (χ3n) is 6.92. The van der Waals surface area contributed by atoms with E-state index >= 15 is 0 Å². The summed E-state index contributed by atoms with van der Waals surface area (Å²) in [6.45, 7) is 5.88. The normalized spacial score (nSPS) is 18.6. The van der Waals surface area contributed by atoms with Crippen LogP contribution < -0.4 is 0 Å². The number of benzene rings is 3. The lowest BCUT2D eigenvalue weighted by atomic mass is 9.78. The van der Waals surface area contributed by atoms with Gasteiger partial charge >= 0.3 is 0 Å². The van der Waals surface area contributed by atoms with Gasteiger partial charge in [-0.3, -0.25) is 0 Å². The molecular weight excluding hydrogens is 400 g/mol. The summed E-state index contributed by atoms with van der Waals surface area (Å²) in [6.07, 6.45) is 12.3. The van der Waals surface area contributed by atoms with Crippen molar-refractivity contribution in [1.82, 2.24) is 0 Å². The Kier molecular flexibility index (Phi) is 8.55. The van der Waals surface area contributed by atoms with E-state index in [9.17, 15) is 0 Å². The Morgan fingerprint density at radius 2 is 1.21 bits per heavy atom. The van der Waals surface area contributed by atoms with Crippen molar-refractivity contribution in [2.24, 2.45) is 5.92 Å². The van der Waals surface area contributed by atoms with E-state index < -0.39 is 0 Å². The third-order valence-corrected chi connectivity index (χ3v) is 6.92. The zero-order valence-corrected chi connectivity index (χ0v) is 20.3. The van der Waals surface area contributed by atoms with Crippen LogP contribution in [0.2, 0.25) is 0 Å². The molecule has 1 heteroatoms. The van der Waals surface area contributed by atoms with Gasteiger partial charge in [0.2, 0.25) is 0 Å². The van der Waals surface area contributed by atoms with E-state index in [0.29, 0.717) is 6.61 Å². The van der Waals surface area contributed by atoms with Gasteiger partial charge in [0, 0.05) is 6.61 Å². The minimum atomic E-state index is 0.695. The molecule has 1 saturated carbocycles. The highest BCUT2D eigenvalue weighted by Gasteiger charge is 2.20. The molecule has 0 spiro atoms. The van der Waals surface area contributed by atoms with Crippen LogP contribution in [0.4, 0.5) is 0 Å². The van der Waals surface area contributed by atoms with Crippen molar-refractivity contribution in [3.8, 4) is 22.3 Å². The lowest BCUT2D eigenvalue weighted by Crippen LogP contribution is -2.11. The van der Waals surface area contributed by atoms with Crippen molar-refractivity contribution < 1.29 is 4.74 Å². The van der Waals surface area contributed by atoms with Crippen LogP contribution in [0, 0.1) is 5.92 Å². The Hall–Kier alpha value is -2.64. The van der Waals surface area contributed by atoms with Crippen molar-refractivity contribution in [1.29, 1.82) is 0 Å². The van der Waals surface area contributed by atoms with Crippen LogP contribution in [-0.4, -0.2) is 6.61 Å². The maximum Gasteiger partial charge on any atom is 0.0716 e. The highest BCUT2D eigenvalue weighted by Crippen LogP contribution is 2.37. The molecule has 0 bridgehead atoms. The fraction of sp³-hybridized carbons (Fsp3) is 0.375. The lowest BCUT2D eigenvalue weighted by Gasteiger charge is -2.27. The smallest absolute Gasteiger partial charge is 0.0716 e. The molecule has 0 saturated heterocycles. The number of ether oxygens (including phenoxy) is 1. The first-order chi connectivity index (χ1) is 16.3. The second kappa shape index (κ2) is 12.0. The SMILES string of the molecule is CCC=C[C@H]1CC[C@H](c2ccc(-c3ccc(-c4ccc(COCCC)cc4)cc3)cc2)CC1. The van der Waals surface area contributed by atoms with Gasteiger partial charge in [-0.15, -0.1) is 0 Å². The molecule has 0 atom stereocenters. The monoisotopic (exact) mass is 438 g/mol. The number of hydrogen-bond donors (Lipinski definition) is 0. The topological polar surface area (TPSA) is 9.23 Å². The van der Waals surface area contributed by atoms with Crippen LogP contribution in [0.25, 0.3) is 22.3 Å². The Bertz CT molecular complexity index is 988. The predicted octanol–water partition coefficient (Wildman–Crippen LogP) is 9.19. The number of hydrogen-bond acceptors (Lipinski definition) is 1. The fourth-order valence-corrected chi connectivity index (χ4v) is 4.90. The predicted molar refractivity (Wildman–Crippen MR) is 141 cm³/mol. The van der Waals surface area contributed by atoms with Crippen LogP contribution in [0.1, 0.15) is 69.4 Å². The second-order valence-corrected chi connectivity index (χ2v) is 9.40. The summed E-state index contributed by atoms with van der Waals surface area (Å²) in [5, 5.41) is 0. The van der Waals surface area contributed by atoms with Crippen LogP contribution in [0.15, 0.2) is 84.9 Å². The lowest BCUT2D eigenvalue weighted by molar-refractivity contribution is 0.121. The molecule has 3 aromatic rings. The zero-order chi connectivity index (χ0) is 22.9. The van der Waals surface area contributed by atoms with Gasteiger partial charge in [0.1, 0.15) is 0 Å². The van der Waals surface area contributed by atoms with Gasteiger partial charge in [-0.25, -0.2) is 0 Å². The molecule has 0 amide bonds. The van der Waals surface area contributed by atoms with Crippen LogP contribution in [0.3, 0.4) is 0 Å². The van der Waals surface area contributed by atoms with E-state index in [2.05, 4.69) is 98.8 Å². The van der Waals surface area contributed by atoms with Gasteiger partial charge < -0.3 is 4.74 Å². The summed E-state index contributed by atoms with van der Waals surface area (Å²) < 4.78 is 5.64. The van der Waals surface area contributed by atoms with Gasteiger partial charge in [0.05, 0.1) is 6.61 Å². The Morgan fingerprint density at radius 3 is 1.73 bits per heavy atom. The quantitative estimate of drug-likeness (QED) is 0.239. The molecule has 1 fully saturated rings. The number of rotatable bonds is 9. The van der Waals surface area contributed by atoms with Gasteiger partial charge in [0.15, 0.2) is 0 Å². The molecule has 0 unspecified atom stereocenters. The highest BCUT2D eigenvalue weighted by atomic mass is 16.5. The molecule has 0 aromatic heterocycles. The largest absolute Gasteiger partial charge is 0.377 e. The molecule has 0 N–H and O–H groups in total. The molecule has 0 heterocycles. The average molecular weight is 439 g/mol. The molecule has 0 radical (unpaired) electrons. The highest BCUT2D eigenvalue weighted by molar-refractivity contribution is 5.70. The summed E-state index contributed by atoms with van der Waals surface area (Å²) in [5.41, 5.74) is 7.83. The summed E-state index contributed by atoms with van der Waals surface area (Å²) in [7, 11) is 0. The van der Waals surface area contributed by atoms with Gasteiger partial charge in [-0.05, 0) is 83.7 Å². The molecule has 172 valence electrons. The molecule has 33 heavy (non-hydrogen) atoms. The van der Waals surface area contributed by atoms with Crippen LogP contribution in [0.5, 0.6) is 0 Å². The molecular formula is C32H38O. The van der Waals surface area contributed by atoms with Crippen molar-refractivity contribution in [2.45, 2.75) is 64.9 Å². The van der Waals surface area contributed by atoms with Crippen molar-refractivity contribution in [3.05, 3.63) is 96.1 Å². The maximum atomic E-state index is 5.64. The minimum Gasteiger partial charge on any atom is -0.377 e. The number of allylic oxidation sites excluding steroid dienone is 2. The van der Waals surface area contributed by atoms with E-state index in [0.717, 1.165) is 31.3 Å². The molecule has 3 aromatic carbocycles. The summed E-state index contributed by atoms with van der Waals surface area (Å²) in [4.78, 5) is 0. The standard InChI is InChI=1S/C32H38O/c1-3-5-6-25-7-11-27(12-8-25)29-15-19-31(20-16-29)32-21-17-30(18-22-32)28-13-9-26(10-14-28)24-33-23-4-2/h5-6,9-10,13-22,25,27H,3-4,7-8,11-12,23-24H2,1-2H3/t25-,27-. The summed E-state index contributed by atoms with van der Waals surface area (Å²) in [5.74, 6) is 1.52. The van der Waals surface area contributed by atoms with Gasteiger partial charge in [-0.1, -0.05) is 98.8 Å². The zero-order valence-electron chi connectivity index (χ0n) is 20.3. The second-order valence-electron chi connectivity index (χ2n) is 9.40. The van der Waals surface area contributed by atoms with Gasteiger partial charge in [-0.2, -0.15) is 0 Å². The summed E-state index contributed by atoms with van der Waals surface area (Å²) >= 11 is 0. The molecule has 4 rings (SSSR count). The third kappa shape index (κ3) is 6.45. The average Bonchev–Trinajstić information content (AvgIpc) is 2.89. The van der Waals surface area contributed by atoms with E-state index in [1.165, 1.54) is 59.1 Å². The Balaban J connectivity index is 1.36. The first-order valence-corrected chi connectivity index (χ1v) is 12.8. The minimum absolute atomic E-state index is 0.695. The van der Waals surface area contributed by atoms with E-state index in [1.807, 2.05) is 0 Å². The van der Waals surface area contributed by atoms with Crippen LogP contribution >= 0.6 is 0 Å². The van der Waals surface area contributed by atoms with E-state index in [-0.39, 0.29) is 0 Å². The maximum absolute atomic E-state index is 5.64. The van der Waals surface area contributed by atoms with Crippen molar-refractivity contribution in [3.63, 3.8) is 0 Å². The molecule has 1 aliphatic carbocycles. The summed E-state index contributed by atoms with van der Waals surface area (Å²) in [6, 6.07) is 27.0. The molecule has 0 aliphatic heterocycles. The first kappa shape index (κ1) is 23.5. The van der Waals surface area contributed by atoms with Crippen molar-refractivity contribution in [2.75, 3.05) is 6.61 Å². The van der Waals surface area contributed by atoms with E-state index in [1.54, 1.807) is 0 Å². The molecule has 1 nitrogen and oxygen atoms in total. The fourth-order valence-electron chi connectivity index (χ4n) is 4.90. The molecule has 1 aliphatic rings. The van der Waals surface area contributed by atoms with Crippen molar-refractivity contribution >= 4 is 0 Å². The Labute approximate surface area is 200 Å². The first-order valence-electron chi connectivity index (χ1n) is 12.8. The van der Waals surface area contributed by atoms with Gasteiger partial charge in [0.25, 0.3) is 0 Å². The Morgan fingerprint density at radius 1 is 0.697 bits per heavy atom. The van der Waals surface area contributed by atoms with Crippen LogP contribution in [-0.2, 0) is 11.3 Å². The van der Waals surface area contributed by atoms with E-state index in [4.69, 9.17) is 4.74 Å².